The highest BCUT2D eigenvalue weighted by molar-refractivity contribution is 7.89. The summed E-state index contributed by atoms with van der Waals surface area (Å²) >= 11 is 13.9. The van der Waals surface area contributed by atoms with E-state index in [1.165, 1.54) is 39.9 Å². The second-order valence-corrected chi connectivity index (χ2v) is 10.5. The molecule has 11 heteroatoms. The van der Waals surface area contributed by atoms with Crippen molar-refractivity contribution in [1.29, 1.82) is 0 Å². The van der Waals surface area contributed by atoms with Gasteiger partial charge in [0.05, 0.1) is 38.4 Å². The Hall–Kier alpha value is -1.75. The van der Waals surface area contributed by atoms with Gasteiger partial charge in [-0.15, -0.1) is 0 Å². The normalized spacial score (nSPS) is 16.2. The summed E-state index contributed by atoms with van der Waals surface area (Å²) in [4.78, 5) is 17.6. The first-order valence-electron chi connectivity index (χ1n) is 9.57. The van der Waals surface area contributed by atoms with Gasteiger partial charge >= 0.3 is 0 Å². The van der Waals surface area contributed by atoms with Crippen LogP contribution >= 0.6 is 34.5 Å². The number of aromatic nitrogens is 1. The number of benzene rings is 2. The van der Waals surface area contributed by atoms with Crippen molar-refractivity contribution in [2.75, 3.05) is 26.3 Å². The molecule has 0 saturated carbocycles. The Labute approximate surface area is 193 Å². The van der Waals surface area contributed by atoms with E-state index in [-0.39, 0.29) is 4.90 Å². The highest BCUT2D eigenvalue weighted by Gasteiger charge is 2.26. The molecule has 2 aromatic carbocycles. The molecule has 0 radical (unpaired) electrons. The number of halogens is 2. The summed E-state index contributed by atoms with van der Waals surface area (Å²) in [5.41, 5.74) is 1.03. The molecular formula is C20H19Cl2N3O4S2. The molecule has 164 valence electrons. The van der Waals surface area contributed by atoms with Crippen molar-refractivity contribution in [3.8, 4) is 0 Å². The molecule has 1 aromatic heterocycles. The predicted molar refractivity (Wildman–Crippen MR) is 121 cm³/mol. The number of hydrogen-bond acceptors (Lipinski definition) is 5. The monoisotopic (exact) mass is 499 g/mol. The molecule has 0 N–H and O–H groups in total. The van der Waals surface area contributed by atoms with Crippen LogP contribution in [0.4, 0.5) is 0 Å². The summed E-state index contributed by atoms with van der Waals surface area (Å²) in [5, 5.41) is 1.07. The van der Waals surface area contributed by atoms with E-state index in [9.17, 15) is 13.2 Å². The maximum absolute atomic E-state index is 12.8. The van der Waals surface area contributed by atoms with Gasteiger partial charge in [0.1, 0.15) is 0 Å². The van der Waals surface area contributed by atoms with E-state index in [2.05, 4.69) is 4.99 Å². The molecule has 4 rings (SSSR count). The number of rotatable bonds is 4. The van der Waals surface area contributed by atoms with Crippen LogP contribution in [0.25, 0.3) is 10.2 Å². The van der Waals surface area contributed by atoms with Gasteiger partial charge in [-0.2, -0.15) is 9.30 Å². The van der Waals surface area contributed by atoms with E-state index in [0.29, 0.717) is 53.3 Å². The van der Waals surface area contributed by atoms with Crippen LogP contribution in [-0.2, 0) is 21.3 Å². The quantitative estimate of drug-likeness (QED) is 0.546. The van der Waals surface area contributed by atoms with Crippen molar-refractivity contribution in [3.05, 3.63) is 56.8 Å². The molecule has 3 aromatic rings. The molecule has 1 amide bonds. The van der Waals surface area contributed by atoms with Crippen molar-refractivity contribution in [3.63, 3.8) is 0 Å². The molecule has 0 spiro atoms. The molecule has 1 fully saturated rings. The molecule has 1 saturated heterocycles. The minimum absolute atomic E-state index is 0.134. The average molecular weight is 500 g/mol. The Bertz CT molecular complexity index is 1310. The van der Waals surface area contributed by atoms with Crippen LogP contribution in [0.5, 0.6) is 0 Å². The molecule has 7 nitrogen and oxygen atoms in total. The Morgan fingerprint density at radius 2 is 1.74 bits per heavy atom. The molecule has 2 heterocycles. The maximum atomic E-state index is 12.8. The SMILES string of the molecule is CCn1c(=NC(=O)c2ccc(S(=O)(=O)N3CCOCC3)cc2)sc2c(Cl)ccc(Cl)c21. The third-order valence-electron chi connectivity index (χ3n) is 4.95. The minimum atomic E-state index is -3.62. The van der Waals surface area contributed by atoms with Crippen molar-refractivity contribution < 1.29 is 17.9 Å². The Morgan fingerprint density at radius 3 is 2.39 bits per heavy atom. The number of nitrogens with zero attached hydrogens (tertiary/aromatic N) is 3. The van der Waals surface area contributed by atoms with Crippen LogP contribution in [0, 0.1) is 0 Å². The van der Waals surface area contributed by atoms with Gasteiger partial charge in [-0.05, 0) is 43.3 Å². The van der Waals surface area contributed by atoms with E-state index in [4.69, 9.17) is 27.9 Å². The number of aryl methyl sites for hydroxylation is 1. The fraction of sp³-hybridized carbons (Fsp3) is 0.300. The average Bonchev–Trinajstić information content (AvgIpc) is 3.16. The highest BCUT2D eigenvalue weighted by Crippen LogP contribution is 2.31. The third-order valence-corrected chi connectivity index (χ3v) is 8.71. The summed E-state index contributed by atoms with van der Waals surface area (Å²) < 4.78 is 34.7. The van der Waals surface area contributed by atoms with Crippen LogP contribution in [0.1, 0.15) is 17.3 Å². The van der Waals surface area contributed by atoms with Gasteiger partial charge in [0, 0.05) is 25.2 Å². The van der Waals surface area contributed by atoms with Crippen LogP contribution in [0.15, 0.2) is 46.3 Å². The lowest BCUT2D eigenvalue weighted by Gasteiger charge is -2.26. The number of ether oxygens (including phenoxy) is 1. The standard InChI is InChI=1S/C20H19Cl2N3O4S2/c1-2-25-17-15(21)7-8-16(22)18(17)30-20(25)23-19(26)13-3-5-14(6-4-13)31(27,28)24-9-11-29-12-10-24/h3-8H,2,9-12H2,1H3. The number of morpholine rings is 1. The lowest BCUT2D eigenvalue weighted by molar-refractivity contribution is 0.0730. The van der Waals surface area contributed by atoms with E-state index in [0.717, 1.165) is 10.2 Å². The van der Waals surface area contributed by atoms with Crippen LogP contribution in [-0.4, -0.2) is 49.5 Å². The Balaban J connectivity index is 1.67. The number of sulfonamides is 1. The zero-order valence-corrected chi connectivity index (χ0v) is 19.7. The molecule has 0 bridgehead atoms. The molecular weight excluding hydrogens is 481 g/mol. The van der Waals surface area contributed by atoms with E-state index >= 15 is 0 Å². The van der Waals surface area contributed by atoms with Crippen molar-refractivity contribution in [1.82, 2.24) is 8.87 Å². The van der Waals surface area contributed by atoms with E-state index < -0.39 is 15.9 Å². The van der Waals surface area contributed by atoms with Gasteiger partial charge in [0.25, 0.3) is 5.91 Å². The van der Waals surface area contributed by atoms with E-state index in [1.54, 1.807) is 12.1 Å². The smallest absolute Gasteiger partial charge is 0.279 e. The molecule has 1 aliphatic heterocycles. The Kier molecular flexibility index (Phi) is 6.52. The van der Waals surface area contributed by atoms with Crippen LogP contribution in [0.2, 0.25) is 10.0 Å². The zero-order chi connectivity index (χ0) is 22.2. The van der Waals surface area contributed by atoms with Gasteiger partial charge in [0.2, 0.25) is 10.0 Å². The number of carbonyl (C=O) groups is 1. The fourth-order valence-electron chi connectivity index (χ4n) is 3.35. The third kappa shape index (κ3) is 4.30. The van der Waals surface area contributed by atoms with Gasteiger partial charge in [-0.3, -0.25) is 4.79 Å². The number of amides is 1. The van der Waals surface area contributed by atoms with Crippen molar-refractivity contribution in [2.24, 2.45) is 4.99 Å². The van der Waals surface area contributed by atoms with Gasteiger partial charge in [0.15, 0.2) is 4.80 Å². The first-order chi connectivity index (χ1) is 14.8. The molecule has 0 unspecified atom stereocenters. The fourth-order valence-corrected chi connectivity index (χ4v) is 6.46. The zero-order valence-electron chi connectivity index (χ0n) is 16.5. The summed E-state index contributed by atoms with van der Waals surface area (Å²) in [6.07, 6.45) is 0. The first-order valence-corrected chi connectivity index (χ1v) is 12.6. The number of fused-ring (bicyclic) bond motifs is 1. The number of carbonyl (C=O) groups excluding carboxylic acids is 1. The topological polar surface area (TPSA) is 81.0 Å². The largest absolute Gasteiger partial charge is 0.379 e. The van der Waals surface area contributed by atoms with Crippen LogP contribution < -0.4 is 4.80 Å². The lowest BCUT2D eigenvalue weighted by Crippen LogP contribution is -2.40. The van der Waals surface area contributed by atoms with Gasteiger partial charge in [-0.1, -0.05) is 34.5 Å². The Morgan fingerprint density at radius 1 is 1.10 bits per heavy atom. The molecule has 0 aliphatic carbocycles. The number of thiazole rings is 1. The summed E-state index contributed by atoms with van der Waals surface area (Å²) in [5.74, 6) is -0.476. The maximum Gasteiger partial charge on any atom is 0.279 e. The van der Waals surface area contributed by atoms with Crippen LogP contribution in [0.3, 0.4) is 0 Å². The highest BCUT2D eigenvalue weighted by atomic mass is 35.5. The van der Waals surface area contributed by atoms with Crippen molar-refractivity contribution >= 4 is 60.7 Å². The lowest BCUT2D eigenvalue weighted by atomic mass is 10.2. The number of hydrogen-bond donors (Lipinski definition) is 0. The summed E-state index contributed by atoms with van der Waals surface area (Å²) in [6, 6.07) is 9.23. The predicted octanol–water partition coefficient (Wildman–Crippen LogP) is 3.79. The van der Waals surface area contributed by atoms with E-state index in [1.807, 2.05) is 11.5 Å². The van der Waals surface area contributed by atoms with Gasteiger partial charge < -0.3 is 9.30 Å². The molecule has 0 atom stereocenters. The van der Waals surface area contributed by atoms with Gasteiger partial charge in [-0.25, -0.2) is 8.42 Å². The van der Waals surface area contributed by atoms with Crippen molar-refractivity contribution in [2.45, 2.75) is 18.4 Å². The second kappa shape index (κ2) is 9.01. The second-order valence-electron chi connectivity index (χ2n) is 6.79. The minimum Gasteiger partial charge on any atom is -0.379 e. The molecule has 31 heavy (non-hydrogen) atoms. The summed E-state index contributed by atoms with van der Waals surface area (Å²) in [7, 11) is -3.62. The first kappa shape index (κ1) is 22.4. The molecule has 1 aliphatic rings. The summed E-state index contributed by atoms with van der Waals surface area (Å²) in [6.45, 7) is 3.85.